The van der Waals surface area contributed by atoms with Gasteiger partial charge in [0.05, 0.1) is 22.9 Å². The lowest BCUT2D eigenvalue weighted by atomic mass is 10.0. The maximum atomic E-state index is 13.7. The summed E-state index contributed by atoms with van der Waals surface area (Å²) in [5.41, 5.74) is 4.28. The van der Waals surface area contributed by atoms with Crippen LogP contribution in [0.3, 0.4) is 0 Å². The van der Waals surface area contributed by atoms with Crippen LogP contribution < -0.4 is 15.5 Å². The van der Waals surface area contributed by atoms with E-state index in [1.54, 1.807) is 28.8 Å². The van der Waals surface area contributed by atoms with Gasteiger partial charge in [0, 0.05) is 50.2 Å². The molecule has 3 N–H and O–H groups in total. The van der Waals surface area contributed by atoms with Gasteiger partial charge in [0.25, 0.3) is 11.6 Å². The van der Waals surface area contributed by atoms with Crippen LogP contribution in [0.1, 0.15) is 33.9 Å². The van der Waals surface area contributed by atoms with Crippen molar-refractivity contribution in [2.75, 3.05) is 24.3 Å². The van der Waals surface area contributed by atoms with E-state index in [4.69, 9.17) is 4.98 Å². The second kappa shape index (κ2) is 12.4. The van der Waals surface area contributed by atoms with Crippen molar-refractivity contribution in [3.05, 3.63) is 124 Å². The topological polar surface area (TPSA) is 142 Å². The number of non-ortho nitro benzene ring substituents is 1. The molecule has 0 fully saturated rings. The minimum Gasteiger partial charge on any atom is -0.481 e. The van der Waals surface area contributed by atoms with Crippen LogP contribution in [-0.2, 0) is 11.3 Å². The molecule has 0 aliphatic rings. The Bertz CT molecular complexity index is 1780. The fraction of sp³-hybridized carbons (Fsp3) is 0.156. The zero-order chi connectivity index (χ0) is 30.5. The molecule has 5 rings (SSSR count). The molecule has 1 amide bonds. The SMILES string of the molecule is CN(C)c1ccc(-c2nc3c(C(=O)NC(CC(=O)O)c4cccc([N+](=O)[O-])c4)cccn3c2NCc2ccccc2)cc1. The minimum atomic E-state index is -1.16. The van der Waals surface area contributed by atoms with Crippen LogP contribution in [0, 0.1) is 10.1 Å². The number of nitro benzene ring substituents is 1. The smallest absolute Gasteiger partial charge is 0.305 e. The van der Waals surface area contributed by atoms with Crippen molar-refractivity contribution in [1.29, 1.82) is 0 Å². The number of carboxylic acid groups (broad SMARTS) is 1. The van der Waals surface area contributed by atoms with Crippen molar-refractivity contribution in [3.8, 4) is 11.3 Å². The summed E-state index contributed by atoms with van der Waals surface area (Å²) in [7, 11) is 3.92. The summed E-state index contributed by atoms with van der Waals surface area (Å²) >= 11 is 0. The summed E-state index contributed by atoms with van der Waals surface area (Å²) in [6.45, 7) is 0.515. The number of aliphatic carboxylic acids is 1. The Morgan fingerprint density at radius 2 is 1.74 bits per heavy atom. The van der Waals surface area contributed by atoms with Crippen LogP contribution in [0.25, 0.3) is 16.9 Å². The van der Waals surface area contributed by atoms with Crippen molar-refractivity contribution in [3.63, 3.8) is 0 Å². The first kappa shape index (κ1) is 28.8. The van der Waals surface area contributed by atoms with Crippen molar-refractivity contribution < 1.29 is 19.6 Å². The largest absolute Gasteiger partial charge is 0.481 e. The molecule has 43 heavy (non-hydrogen) atoms. The third kappa shape index (κ3) is 6.46. The normalized spacial score (nSPS) is 11.6. The number of nitrogens with one attached hydrogen (secondary N) is 2. The Kier molecular flexibility index (Phi) is 8.33. The van der Waals surface area contributed by atoms with E-state index < -0.39 is 29.3 Å². The fourth-order valence-electron chi connectivity index (χ4n) is 4.83. The summed E-state index contributed by atoms with van der Waals surface area (Å²) < 4.78 is 1.80. The van der Waals surface area contributed by atoms with Crippen LogP contribution in [0.15, 0.2) is 97.2 Å². The lowest BCUT2D eigenvalue weighted by molar-refractivity contribution is -0.384. The van der Waals surface area contributed by atoms with E-state index in [9.17, 15) is 24.8 Å². The van der Waals surface area contributed by atoms with E-state index in [0.29, 0.717) is 29.3 Å². The monoisotopic (exact) mass is 578 g/mol. The van der Waals surface area contributed by atoms with E-state index in [-0.39, 0.29) is 11.3 Å². The Hall–Kier alpha value is -5.71. The molecular formula is C32H30N6O5. The molecule has 1 atom stereocenters. The van der Waals surface area contributed by atoms with Crippen molar-refractivity contribution in [2.24, 2.45) is 0 Å². The molecule has 11 heteroatoms. The number of anilines is 2. The molecule has 2 heterocycles. The number of fused-ring (bicyclic) bond motifs is 1. The predicted molar refractivity (Wildman–Crippen MR) is 164 cm³/mol. The quantitative estimate of drug-likeness (QED) is 0.137. The highest BCUT2D eigenvalue weighted by Crippen LogP contribution is 2.32. The van der Waals surface area contributed by atoms with Gasteiger partial charge >= 0.3 is 5.97 Å². The maximum Gasteiger partial charge on any atom is 0.305 e. The molecule has 0 aliphatic carbocycles. The zero-order valence-corrected chi connectivity index (χ0v) is 23.6. The summed E-state index contributed by atoms with van der Waals surface area (Å²) in [5.74, 6) is -1.03. The lowest BCUT2D eigenvalue weighted by Crippen LogP contribution is -2.30. The molecular weight excluding hydrogens is 548 g/mol. The van der Waals surface area contributed by atoms with Gasteiger partial charge in [0.2, 0.25) is 0 Å². The molecule has 11 nitrogen and oxygen atoms in total. The number of hydrogen-bond acceptors (Lipinski definition) is 7. The summed E-state index contributed by atoms with van der Waals surface area (Å²) in [5, 5.41) is 27.1. The van der Waals surface area contributed by atoms with Gasteiger partial charge in [-0.05, 0) is 35.4 Å². The number of rotatable bonds is 11. The number of benzene rings is 3. The molecule has 3 aromatic carbocycles. The standard InChI is InChI=1S/C32H30N6O5/c1-36(2)24-15-13-22(14-16-24)29-31(33-20-21-8-4-3-5-9-21)37-17-7-12-26(30(37)35-29)32(41)34-27(19-28(39)40)23-10-6-11-25(18-23)38(42)43/h3-18,27,33H,19-20H2,1-2H3,(H,34,41)(H,39,40). The first-order valence-electron chi connectivity index (χ1n) is 13.5. The molecule has 5 aromatic rings. The number of carboxylic acids is 1. The number of nitrogens with zero attached hydrogens (tertiary/aromatic N) is 4. The molecule has 0 radical (unpaired) electrons. The average Bonchev–Trinajstić information content (AvgIpc) is 3.38. The van der Waals surface area contributed by atoms with Gasteiger partial charge in [-0.3, -0.25) is 24.1 Å². The van der Waals surface area contributed by atoms with Gasteiger partial charge in [-0.1, -0.05) is 54.6 Å². The second-order valence-electron chi connectivity index (χ2n) is 10.2. The van der Waals surface area contributed by atoms with Crippen LogP contribution in [0.4, 0.5) is 17.2 Å². The van der Waals surface area contributed by atoms with Crippen molar-refractivity contribution in [2.45, 2.75) is 19.0 Å². The fourth-order valence-corrected chi connectivity index (χ4v) is 4.83. The third-order valence-corrected chi connectivity index (χ3v) is 7.02. The highest BCUT2D eigenvalue weighted by atomic mass is 16.6. The van der Waals surface area contributed by atoms with E-state index in [1.165, 1.54) is 18.2 Å². The van der Waals surface area contributed by atoms with E-state index in [1.807, 2.05) is 73.6 Å². The van der Waals surface area contributed by atoms with Gasteiger partial charge in [-0.15, -0.1) is 0 Å². The number of amides is 1. The Labute approximate surface area is 247 Å². The average molecular weight is 579 g/mol. The van der Waals surface area contributed by atoms with Crippen LogP contribution in [0.2, 0.25) is 0 Å². The highest BCUT2D eigenvalue weighted by Gasteiger charge is 2.24. The van der Waals surface area contributed by atoms with Crippen molar-refractivity contribution >= 4 is 34.7 Å². The molecule has 0 spiro atoms. The number of hydrogen-bond donors (Lipinski definition) is 3. The number of nitro groups is 1. The van der Waals surface area contributed by atoms with E-state index in [0.717, 1.165) is 16.8 Å². The summed E-state index contributed by atoms with van der Waals surface area (Å²) in [6, 6.07) is 25.7. The first-order valence-corrected chi connectivity index (χ1v) is 13.5. The van der Waals surface area contributed by atoms with Gasteiger partial charge in [0.1, 0.15) is 11.5 Å². The molecule has 0 aliphatic heterocycles. The highest BCUT2D eigenvalue weighted by molar-refractivity contribution is 6.01. The van der Waals surface area contributed by atoms with Gasteiger partial charge < -0.3 is 20.6 Å². The molecule has 0 saturated heterocycles. The second-order valence-corrected chi connectivity index (χ2v) is 10.2. The Morgan fingerprint density at radius 3 is 2.42 bits per heavy atom. The molecule has 2 aromatic heterocycles. The third-order valence-electron chi connectivity index (χ3n) is 7.02. The van der Waals surface area contributed by atoms with E-state index >= 15 is 0 Å². The van der Waals surface area contributed by atoms with Gasteiger partial charge in [-0.25, -0.2) is 4.98 Å². The van der Waals surface area contributed by atoms with Crippen LogP contribution in [-0.4, -0.2) is 45.4 Å². The lowest BCUT2D eigenvalue weighted by Gasteiger charge is -2.18. The number of aromatic nitrogens is 2. The Balaban J connectivity index is 1.55. The summed E-state index contributed by atoms with van der Waals surface area (Å²) in [4.78, 5) is 43.0. The molecule has 1 unspecified atom stereocenters. The number of imidazole rings is 1. The molecule has 0 bridgehead atoms. The summed E-state index contributed by atoms with van der Waals surface area (Å²) in [6.07, 6.45) is 1.34. The number of pyridine rings is 1. The first-order chi connectivity index (χ1) is 20.7. The maximum absolute atomic E-state index is 13.7. The minimum absolute atomic E-state index is 0.198. The Morgan fingerprint density at radius 1 is 1.00 bits per heavy atom. The van der Waals surface area contributed by atoms with Gasteiger partial charge in [0.15, 0.2) is 5.65 Å². The molecule has 218 valence electrons. The number of carbonyl (C=O) groups excluding carboxylic acids is 1. The van der Waals surface area contributed by atoms with Crippen molar-refractivity contribution in [1.82, 2.24) is 14.7 Å². The zero-order valence-electron chi connectivity index (χ0n) is 23.6. The molecule has 0 saturated carbocycles. The van der Waals surface area contributed by atoms with Crippen LogP contribution in [0.5, 0.6) is 0 Å². The van der Waals surface area contributed by atoms with E-state index in [2.05, 4.69) is 10.6 Å². The predicted octanol–water partition coefficient (Wildman–Crippen LogP) is 5.53. The number of carbonyl (C=O) groups is 2. The van der Waals surface area contributed by atoms with Crippen LogP contribution >= 0.6 is 0 Å². The van der Waals surface area contributed by atoms with Gasteiger partial charge in [-0.2, -0.15) is 0 Å².